The van der Waals surface area contributed by atoms with E-state index < -0.39 is 0 Å². The van der Waals surface area contributed by atoms with Crippen molar-refractivity contribution in [3.05, 3.63) is 34.6 Å². The molecule has 1 aromatic heterocycles. The molecule has 0 saturated heterocycles. The lowest BCUT2D eigenvalue weighted by atomic mass is 10.2. The van der Waals surface area contributed by atoms with Gasteiger partial charge in [-0.2, -0.15) is 0 Å². The number of aromatic nitrogens is 2. The zero-order valence-electron chi connectivity index (χ0n) is 11.0. The van der Waals surface area contributed by atoms with E-state index in [0.717, 1.165) is 33.1 Å². The number of hydrogen-bond donors (Lipinski definition) is 2. The summed E-state index contributed by atoms with van der Waals surface area (Å²) in [6.45, 7) is 1.96. The molecule has 1 aromatic carbocycles. The summed E-state index contributed by atoms with van der Waals surface area (Å²) in [6.07, 6.45) is 1.53. The fourth-order valence-electron chi connectivity index (χ4n) is 1.70. The smallest absolute Gasteiger partial charge is 0.138 e. The zero-order valence-corrected chi connectivity index (χ0v) is 12.6. The minimum Gasteiger partial charge on any atom is -0.495 e. The van der Waals surface area contributed by atoms with Crippen LogP contribution in [0.15, 0.2) is 29.0 Å². The molecule has 19 heavy (non-hydrogen) atoms. The third kappa shape index (κ3) is 2.96. The molecule has 0 aliphatic carbocycles. The predicted octanol–water partition coefficient (Wildman–Crippen LogP) is 3.34. The second-order valence-electron chi connectivity index (χ2n) is 3.92. The molecule has 100 valence electrons. The van der Waals surface area contributed by atoms with Crippen LogP contribution in [0.1, 0.15) is 5.56 Å². The molecule has 2 aromatic rings. The highest BCUT2D eigenvalue weighted by Gasteiger charge is 2.07. The highest BCUT2D eigenvalue weighted by atomic mass is 79.9. The van der Waals surface area contributed by atoms with E-state index >= 15 is 0 Å². The lowest BCUT2D eigenvalue weighted by Gasteiger charge is -2.12. The highest BCUT2D eigenvalue weighted by Crippen LogP contribution is 2.30. The SMILES string of the molecule is CNc1ncnc(Nc2ccc(Br)c(OC)c2)c1C. The number of halogens is 1. The number of nitrogens with one attached hydrogen (secondary N) is 2. The Morgan fingerprint density at radius 1 is 1.21 bits per heavy atom. The molecule has 0 unspecified atom stereocenters. The third-order valence-electron chi connectivity index (χ3n) is 2.73. The van der Waals surface area contributed by atoms with Gasteiger partial charge in [0.05, 0.1) is 11.6 Å². The molecule has 0 fully saturated rings. The quantitative estimate of drug-likeness (QED) is 0.904. The maximum atomic E-state index is 5.27. The summed E-state index contributed by atoms with van der Waals surface area (Å²) in [6, 6.07) is 5.79. The molecule has 0 radical (unpaired) electrons. The number of hydrogen-bond acceptors (Lipinski definition) is 5. The Morgan fingerprint density at radius 2 is 1.95 bits per heavy atom. The van der Waals surface area contributed by atoms with Gasteiger partial charge in [-0.05, 0) is 35.0 Å². The molecule has 0 aliphatic heterocycles. The monoisotopic (exact) mass is 322 g/mol. The first-order valence-electron chi connectivity index (χ1n) is 5.75. The topological polar surface area (TPSA) is 59.1 Å². The highest BCUT2D eigenvalue weighted by molar-refractivity contribution is 9.10. The van der Waals surface area contributed by atoms with Crippen LogP contribution in [0.3, 0.4) is 0 Å². The third-order valence-corrected chi connectivity index (χ3v) is 3.39. The van der Waals surface area contributed by atoms with Crippen LogP contribution in [-0.2, 0) is 0 Å². The van der Waals surface area contributed by atoms with E-state index in [2.05, 4.69) is 36.5 Å². The van der Waals surface area contributed by atoms with Crippen molar-refractivity contribution in [1.82, 2.24) is 9.97 Å². The van der Waals surface area contributed by atoms with Crippen LogP contribution in [-0.4, -0.2) is 24.1 Å². The van der Waals surface area contributed by atoms with E-state index in [1.54, 1.807) is 7.11 Å². The summed E-state index contributed by atoms with van der Waals surface area (Å²) in [5.41, 5.74) is 1.87. The lowest BCUT2D eigenvalue weighted by Crippen LogP contribution is -2.02. The first-order chi connectivity index (χ1) is 9.15. The molecular formula is C13H15BrN4O. The van der Waals surface area contributed by atoms with Crippen molar-refractivity contribution >= 4 is 33.3 Å². The zero-order chi connectivity index (χ0) is 13.8. The molecule has 0 saturated carbocycles. The van der Waals surface area contributed by atoms with Crippen molar-refractivity contribution in [2.24, 2.45) is 0 Å². The van der Waals surface area contributed by atoms with Gasteiger partial charge in [-0.25, -0.2) is 9.97 Å². The van der Waals surface area contributed by atoms with E-state index in [0.29, 0.717) is 0 Å². The molecular weight excluding hydrogens is 308 g/mol. The van der Waals surface area contributed by atoms with Gasteiger partial charge in [0.25, 0.3) is 0 Å². The van der Waals surface area contributed by atoms with E-state index in [1.165, 1.54) is 6.33 Å². The van der Waals surface area contributed by atoms with E-state index in [4.69, 9.17) is 4.74 Å². The van der Waals surface area contributed by atoms with Crippen LogP contribution in [0.25, 0.3) is 0 Å². The van der Waals surface area contributed by atoms with Gasteiger partial charge in [-0.1, -0.05) is 0 Å². The van der Waals surface area contributed by atoms with Gasteiger partial charge in [0, 0.05) is 24.4 Å². The number of rotatable bonds is 4. The number of nitrogens with zero attached hydrogens (tertiary/aromatic N) is 2. The summed E-state index contributed by atoms with van der Waals surface area (Å²) in [7, 11) is 3.47. The molecule has 0 atom stereocenters. The average Bonchev–Trinajstić information content (AvgIpc) is 2.43. The van der Waals surface area contributed by atoms with Crippen LogP contribution in [0.5, 0.6) is 5.75 Å². The first kappa shape index (κ1) is 13.6. The Bertz CT molecular complexity index is 589. The van der Waals surface area contributed by atoms with Crippen molar-refractivity contribution < 1.29 is 4.74 Å². The van der Waals surface area contributed by atoms with Crippen LogP contribution >= 0.6 is 15.9 Å². The summed E-state index contributed by atoms with van der Waals surface area (Å²) in [5.74, 6) is 2.34. The summed E-state index contributed by atoms with van der Waals surface area (Å²) in [5, 5.41) is 6.29. The van der Waals surface area contributed by atoms with Gasteiger partial charge in [0.2, 0.25) is 0 Å². The van der Waals surface area contributed by atoms with Crippen molar-refractivity contribution in [1.29, 1.82) is 0 Å². The van der Waals surface area contributed by atoms with Crippen LogP contribution in [0, 0.1) is 6.92 Å². The first-order valence-corrected chi connectivity index (χ1v) is 6.55. The summed E-state index contributed by atoms with van der Waals surface area (Å²) in [4.78, 5) is 8.40. The molecule has 0 spiro atoms. The molecule has 1 heterocycles. The Hall–Kier alpha value is -1.82. The van der Waals surface area contributed by atoms with Crippen molar-refractivity contribution in [3.63, 3.8) is 0 Å². The van der Waals surface area contributed by atoms with Crippen molar-refractivity contribution in [2.75, 3.05) is 24.8 Å². The minimum atomic E-state index is 0.767. The number of benzene rings is 1. The molecule has 0 aliphatic rings. The Kier molecular flexibility index (Phi) is 4.21. The minimum absolute atomic E-state index is 0.767. The Labute approximate surface area is 120 Å². The van der Waals surface area contributed by atoms with Crippen LogP contribution in [0.4, 0.5) is 17.3 Å². The maximum absolute atomic E-state index is 5.27. The molecule has 0 bridgehead atoms. The van der Waals surface area contributed by atoms with Gasteiger partial charge in [0.15, 0.2) is 0 Å². The Balaban J connectivity index is 2.31. The molecule has 2 rings (SSSR count). The summed E-state index contributed by atoms with van der Waals surface area (Å²) < 4.78 is 6.18. The van der Waals surface area contributed by atoms with Crippen molar-refractivity contribution in [2.45, 2.75) is 6.92 Å². The molecule has 2 N–H and O–H groups in total. The van der Waals surface area contributed by atoms with E-state index in [-0.39, 0.29) is 0 Å². The maximum Gasteiger partial charge on any atom is 0.138 e. The van der Waals surface area contributed by atoms with E-state index in [1.807, 2.05) is 32.2 Å². The van der Waals surface area contributed by atoms with Gasteiger partial charge < -0.3 is 15.4 Å². The van der Waals surface area contributed by atoms with Gasteiger partial charge in [-0.3, -0.25) is 0 Å². The summed E-state index contributed by atoms with van der Waals surface area (Å²) >= 11 is 3.42. The van der Waals surface area contributed by atoms with Gasteiger partial charge in [-0.15, -0.1) is 0 Å². The van der Waals surface area contributed by atoms with E-state index in [9.17, 15) is 0 Å². The van der Waals surface area contributed by atoms with Gasteiger partial charge in [0.1, 0.15) is 23.7 Å². The second-order valence-corrected chi connectivity index (χ2v) is 4.77. The standard InChI is InChI=1S/C13H15BrN4O/c1-8-12(15-2)16-7-17-13(8)18-9-4-5-10(14)11(6-9)19-3/h4-7H,1-3H3,(H2,15,16,17,18). The Morgan fingerprint density at radius 3 is 2.63 bits per heavy atom. The number of ether oxygens (including phenoxy) is 1. The average molecular weight is 323 g/mol. The fourth-order valence-corrected chi connectivity index (χ4v) is 2.11. The fraction of sp³-hybridized carbons (Fsp3) is 0.231. The number of methoxy groups -OCH3 is 1. The van der Waals surface area contributed by atoms with Crippen LogP contribution in [0.2, 0.25) is 0 Å². The number of anilines is 3. The van der Waals surface area contributed by atoms with Gasteiger partial charge >= 0.3 is 0 Å². The van der Waals surface area contributed by atoms with Crippen LogP contribution < -0.4 is 15.4 Å². The molecule has 5 nitrogen and oxygen atoms in total. The molecule has 0 amide bonds. The normalized spacial score (nSPS) is 10.1. The van der Waals surface area contributed by atoms with Crippen molar-refractivity contribution in [3.8, 4) is 5.75 Å². The largest absolute Gasteiger partial charge is 0.495 e. The second kappa shape index (κ2) is 5.88. The predicted molar refractivity (Wildman–Crippen MR) is 80.3 cm³/mol. The molecule has 6 heteroatoms. The lowest BCUT2D eigenvalue weighted by molar-refractivity contribution is 0.412.